The Morgan fingerprint density at radius 2 is 2.00 bits per heavy atom. The molecule has 0 radical (unpaired) electrons. The standard InChI is InChI=1S/C13H19F2NO2/c1-2-16-6-9-17-7-3-8-18-13-5-4-11(14)10-12(13)15/h4-5,10,16H,2-3,6-9H2,1H3. The van der Waals surface area contributed by atoms with E-state index in [2.05, 4.69) is 5.32 Å². The largest absolute Gasteiger partial charge is 0.490 e. The predicted octanol–water partition coefficient (Wildman–Crippen LogP) is 2.36. The zero-order chi connectivity index (χ0) is 13.2. The van der Waals surface area contributed by atoms with Gasteiger partial charge < -0.3 is 14.8 Å². The van der Waals surface area contributed by atoms with Crippen molar-refractivity contribution in [1.29, 1.82) is 0 Å². The van der Waals surface area contributed by atoms with Crippen LogP contribution in [0.2, 0.25) is 0 Å². The van der Waals surface area contributed by atoms with E-state index in [-0.39, 0.29) is 5.75 Å². The van der Waals surface area contributed by atoms with Crippen molar-refractivity contribution in [1.82, 2.24) is 5.32 Å². The van der Waals surface area contributed by atoms with Crippen LogP contribution >= 0.6 is 0 Å². The average molecular weight is 259 g/mol. The van der Waals surface area contributed by atoms with Gasteiger partial charge in [0.2, 0.25) is 0 Å². The maximum absolute atomic E-state index is 13.2. The summed E-state index contributed by atoms with van der Waals surface area (Å²) in [4.78, 5) is 0. The number of likely N-dealkylation sites (N-methyl/N-ethyl adjacent to an activating group) is 1. The first-order chi connectivity index (χ1) is 8.74. The Bertz CT molecular complexity index is 348. The fraction of sp³-hybridized carbons (Fsp3) is 0.538. The molecule has 0 aliphatic carbocycles. The fourth-order valence-corrected chi connectivity index (χ4v) is 1.36. The normalized spacial score (nSPS) is 10.6. The second-order valence-electron chi connectivity index (χ2n) is 3.74. The van der Waals surface area contributed by atoms with Crippen LogP contribution in [0.4, 0.5) is 8.78 Å². The molecule has 3 nitrogen and oxygen atoms in total. The quantitative estimate of drug-likeness (QED) is 0.691. The van der Waals surface area contributed by atoms with E-state index in [0.29, 0.717) is 26.2 Å². The molecule has 102 valence electrons. The average Bonchev–Trinajstić information content (AvgIpc) is 2.35. The second-order valence-corrected chi connectivity index (χ2v) is 3.74. The van der Waals surface area contributed by atoms with Gasteiger partial charge in [0.05, 0.1) is 13.2 Å². The molecule has 1 N–H and O–H groups in total. The molecular formula is C13H19F2NO2. The maximum Gasteiger partial charge on any atom is 0.167 e. The molecule has 0 bridgehead atoms. The van der Waals surface area contributed by atoms with Crippen molar-refractivity contribution in [2.45, 2.75) is 13.3 Å². The summed E-state index contributed by atoms with van der Waals surface area (Å²) in [6, 6.07) is 3.27. The van der Waals surface area contributed by atoms with E-state index in [1.165, 1.54) is 12.1 Å². The topological polar surface area (TPSA) is 30.5 Å². The van der Waals surface area contributed by atoms with E-state index in [4.69, 9.17) is 9.47 Å². The van der Waals surface area contributed by atoms with Gasteiger partial charge in [-0.1, -0.05) is 6.92 Å². The Labute approximate surface area is 106 Å². The second kappa shape index (κ2) is 8.83. The Balaban J connectivity index is 2.07. The molecule has 18 heavy (non-hydrogen) atoms. The molecule has 0 heterocycles. The van der Waals surface area contributed by atoms with Gasteiger partial charge in [-0.15, -0.1) is 0 Å². The monoisotopic (exact) mass is 259 g/mol. The summed E-state index contributed by atoms with van der Waals surface area (Å²) in [5.41, 5.74) is 0. The first-order valence-electron chi connectivity index (χ1n) is 6.10. The highest BCUT2D eigenvalue weighted by Crippen LogP contribution is 2.17. The third kappa shape index (κ3) is 5.93. The van der Waals surface area contributed by atoms with E-state index in [1.807, 2.05) is 6.92 Å². The number of hydrogen-bond acceptors (Lipinski definition) is 3. The third-order valence-corrected chi connectivity index (χ3v) is 2.26. The number of nitrogens with one attached hydrogen (secondary N) is 1. The molecule has 5 heteroatoms. The lowest BCUT2D eigenvalue weighted by Gasteiger charge is -2.08. The van der Waals surface area contributed by atoms with Gasteiger partial charge in [0.25, 0.3) is 0 Å². The van der Waals surface area contributed by atoms with Crippen LogP contribution in [0.3, 0.4) is 0 Å². The van der Waals surface area contributed by atoms with Gasteiger partial charge >= 0.3 is 0 Å². The lowest BCUT2D eigenvalue weighted by atomic mass is 10.3. The van der Waals surface area contributed by atoms with Crippen molar-refractivity contribution in [3.63, 3.8) is 0 Å². The summed E-state index contributed by atoms with van der Waals surface area (Å²) in [5.74, 6) is -1.21. The molecule has 0 aliphatic rings. The molecule has 0 atom stereocenters. The van der Waals surface area contributed by atoms with Crippen LogP contribution in [0.25, 0.3) is 0 Å². The summed E-state index contributed by atoms with van der Waals surface area (Å²) in [5, 5.41) is 3.14. The van der Waals surface area contributed by atoms with Gasteiger partial charge in [0.15, 0.2) is 11.6 Å². The van der Waals surface area contributed by atoms with Crippen LogP contribution in [0.1, 0.15) is 13.3 Å². The lowest BCUT2D eigenvalue weighted by molar-refractivity contribution is 0.120. The van der Waals surface area contributed by atoms with Gasteiger partial charge in [-0.25, -0.2) is 8.78 Å². The minimum absolute atomic E-state index is 0.0732. The van der Waals surface area contributed by atoms with Crippen LogP contribution in [0.15, 0.2) is 18.2 Å². The van der Waals surface area contributed by atoms with Crippen molar-refractivity contribution < 1.29 is 18.3 Å². The Hall–Kier alpha value is -1.20. The van der Waals surface area contributed by atoms with Gasteiger partial charge in [-0.05, 0) is 18.7 Å². The molecule has 0 saturated heterocycles. The number of rotatable bonds is 9. The Morgan fingerprint density at radius 1 is 1.17 bits per heavy atom. The molecule has 0 amide bonds. The van der Waals surface area contributed by atoms with Crippen LogP contribution in [0.5, 0.6) is 5.75 Å². The molecule has 0 spiro atoms. The summed E-state index contributed by atoms with van der Waals surface area (Å²) in [6.45, 7) is 5.35. The number of hydrogen-bond donors (Lipinski definition) is 1. The smallest absolute Gasteiger partial charge is 0.167 e. The van der Waals surface area contributed by atoms with Crippen molar-refractivity contribution in [3.8, 4) is 5.75 Å². The zero-order valence-electron chi connectivity index (χ0n) is 10.5. The van der Waals surface area contributed by atoms with E-state index in [9.17, 15) is 8.78 Å². The molecule has 1 aromatic carbocycles. The van der Waals surface area contributed by atoms with Crippen molar-refractivity contribution >= 4 is 0 Å². The predicted molar refractivity (Wildman–Crippen MR) is 65.8 cm³/mol. The van der Waals surface area contributed by atoms with Gasteiger partial charge in [-0.2, -0.15) is 0 Å². The SMILES string of the molecule is CCNCCOCCCOc1ccc(F)cc1F. The lowest BCUT2D eigenvalue weighted by Crippen LogP contribution is -2.19. The van der Waals surface area contributed by atoms with Gasteiger partial charge in [0.1, 0.15) is 5.82 Å². The highest BCUT2D eigenvalue weighted by Gasteiger charge is 2.04. The molecular weight excluding hydrogens is 240 g/mol. The van der Waals surface area contributed by atoms with Crippen LogP contribution < -0.4 is 10.1 Å². The zero-order valence-corrected chi connectivity index (χ0v) is 10.5. The molecule has 1 aromatic rings. The molecule has 1 rings (SSSR count). The van der Waals surface area contributed by atoms with E-state index >= 15 is 0 Å². The first-order valence-corrected chi connectivity index (χ1v) is 6.10. The minimum Gasteiger partial charge on any atom is -0.490 e. The number of halogens is 2. The van der Waals surface area contributed by atoms with Crippen LogP contribution in [-0.4, -0.2) is 32.9 Å². The molecule has 0 fully saturated rings. The van der Waals surface area contributed by atoms with Crippen LogP contribution in [-0.2, 0) is 4.74 Å². The van der Waals surface area contributed by atoms with Crippen molar-refractivity contribution in [3.05, 3.63) is 29.8 Å². The summed E-state index contributed by atoms with van der Waals surface area (Å²) in [6.07, 6.45) is 0.670. The maximum atomic E-state index is 13.2. The van der Waals surface area contributed by atoms with Gasteiger partial charge in [0, 0.05) is 25.6 Å². The summed E-state index contributed by atoms with van der Waals surface area (Å²) < 4.78 is 36.3. The minimum atomic E-state index is -0.678. The molecule has 0 aliphatic heterocycles. The van der Waals surface area contributed by atoms with E-state index in [1.54, 1.807) is 0 Å². The summed E-state index contributed by atoms with van der Waals surface area (Å²) in [7, 11) is 0. The summed E-state index contributed by atoms with van der Waals surface area (Å²) >= 11 is 0. The van der Waals surface area contributed by atoms with Crippen LogP contribution in [0, 0.1) is 11.6 Å². The first kappa shape index (κ1) is 14.9. The number of ether oxygens (including phenoxy) is 2. The van der Waals surface area contributed by atoms with E-state index < -0.39 is 11.6 Å². The highest BCUT2D eigenvalue weighted by atomic mass is 19.1. The Morgan fingerprint density at radius 3 is 2.72 bits per heavy atom. The molecule has 0 saturated carbocycles. The highest BCUT2D eigenvalue weighted by molar-refractivity contribution is 5.24. The Kier molecular flexibility index (Phi) is 7.29. The molecule has 0 aromatic heterocycles. The van der Waals surface area contributed by atoms with Crippen molar-refractivity contribution in [2.24, 2.45) is 0 Å². The van der Waals surface area contributed by atoms with Crippen molar-refractivity contribution in [2.75, 3.05) is 32.9 Å². The number of benzene rings is 1. The van der Waals surface area contributed by atoms with Gasteiger partial charge in [-0.3, -0.25) is 0 Å². The fourth-order valence-electron chi connectivity index (χ4n) is 1.36. The third-order valence-electron chi connectivity index (χ3n) is 2.26. The van der Waals surface area contributed by atoms with E-state index in [0.717, 1.165) is 19.2 Å². The molecule has 0 unspecified atom stereocenters.